The Morgan fingerprint density at radius 1 is 1.07 bits per heavy atom. The molecule has 0 spiro atoms. The average Bonchev–Trinajstić information content (AvgIpc) is 3.11. The van der Waals surface area contributed by atoms with Crippen LogP contribution >= 0.6 is 0 Å². The molecule has 3 rings (SSSR count). The van der Waals surface area contributed by atoms with Gasteiger partial charge >= 0.3 is 0 Å². The number of aryl methyl sites for hydroxylation is 1. The molecule has 0 radical (unpaired) electrons. The molecule has 0 saturated heterocycles. The van der Waals surface area contributed by atoms with Gasteiger partial charge in [-0.1, -0.05) is 18.2 Å². The van der Waals surface area contributed by atoms with E-state index >= 15 is 0 Å². The van der Waals surface area contributed by atoms with Crippen LogP contribution in [0.1, 0.15) is 31.9 Å². The van der Waals surface area contributed by atoms with Crippen molar-refractivity contribution >= 4 is 28.9 Å². The molecule has 0 aromatic heterocycles. The summed E-state index contributed by atoms with van der Waals surface area (Å²) in [6.07, 6.45) is 0.861. The standard InChI is InChI=1S/C23H29N3O2/c1-5-24(6-2)20-11-12-21(17(3)15-20)26(18(4)27)16-23(28)25-14-13-19-9-7-8-10-22(19)25/h7-12,15H,5-6,13-14,16H2,1-4H3. The summed E-state index contributed by atoms with van der Waals surface area (Å²) in [5.74, 6) is -0.174. The number of fused-ring (bicyclic) bond motifs is 1. The van der Waals surface area contributed by atoms with Crippen LogP contribution in [0.25, 0.3) is 0 Å². The SMILES string of the molecule is CCN(CC)c1ccc(N(CC(=O)N2CCc3ccccc32)C(C)=O)c(C)c1. The number of carbonyl (C=O) groups excluding carboxylic acids is 2. The van der Waals surface area contributed by atoms with Gasteiger partial charge in [0.1, 0.15) is 6.54 Å². The molecule has 0 N–H and O–H groups in total. The van der Waals surface area contributed by atoms with E-state index in [1.165, 1.54) is 12.5 Å². The lowest BCUT2D eigenvalue weighted by molar-refractivity contribution is -0.121. The number of rotatable bonds is 6. The predicted octanol–water partition coefficient (Wildman–Crippen LogP) is 3.78. The second-order valence-electron chi connectivity index (χ2n) is 7.17. The van der Waals surface area contributed by atoms with E-state index in [0.717, 1.165) is 42.1 Å². The number of carbonyl (C=O) groups is 2. The van der Waals surface area contributed by atoms with Crippen molar-refractivity contribution in [3.63, 3.8) is 0 Å². The molecular formula is C23H29N3O2. The largest absolute Gasteiger partial charge is 0.372 e. The van der Waals surface area contributed by atoms with Gasteiger partial charge in [-0.25, -0.2) is 0 Å². The molecule has 2 aromatic rings. The summed E-state index contributed by atoms with van der Waals surface area (Å²) in [4.78, 5) is 31.0. The fourth-order valence-electron chi connectivity index (χ4n) is 3.91. The molecule has 5 heteroatoms. The van der Waals surface area contributed by atoms with Gasteiger partial charge in [-0.3, -0.25) is 9.59 Å². The molecule has 0 saturated carbocycles. The van der Waals surface area contributed by atoms with E-state index < -0.39 is 0 Å². The highest BCUT2D eigenvalue weighted by molar-refractivity contribution is 6.04. The van der Waals surface area contributed by atoms with Gasteiger partial charge < -0.3 is 14.7 Å². The Bertz CT molecular complexity index is 874. The zero-order chi connectivity index (χ0) is 20.3. The van der Waals surface area contributed by atoms with Crippen molar-refractivity contribution in [2.45, 2.75) is 34.1 Å². The van der Waals surface area contributed by atoms with Crippen LogP contribution in [0, 0.1) is 6.92 Å². The molecule has 5 nitrogen and oxygen atoms in total. The minimum absolute atomic E-state index is 0.0487. The van der Waals surface area contributed by atoms with Crippen LogP contribution in [0.2, 0.25) is 0 Å². The Morgan fingerprint density at radius 3 is 2.43 bits per heavy atom. The Morgan fingerprint density at radius 2 is 1.79 bits per heavy atom. The number of anilines is 3. The first-order valence-corrected chi connectivity index (χ1v) is 9.98. The minimum Gasteiger partial charge on any atom is -0.372 e. The molecular weight excluding hydrogens is 350 g/mol. The van der Waals surface area contributed by atoms with Crippen LogP contribution in [-0.4, -0.2) is 38.0 Å². The topological polar surface area (TPSA) is 43.9 Å². The molecule has 148 valence electrons. The molecule has 1 heterocycles. The lowest BCUT2D eigenvalue weighted by Crippen LogP contribution is -2.42. The van der Waals surface area contributed by atoms with E-state index in [-0.39, 0.29) is 18.4 Å². The van der Waals surface area contributed by atoms with Gasteiger partial charge in [0.05, 0.1) is 0 Å². The summed E-state index contributed by atoms with van der Waals surface area (Å²) < 4.78 is 0. The van der Waals surface area contributed by atoms with Crippen molar-refractivity contribution in [3.8, 4) is 0 Å². The zero-order valence-electron chi connectivity index (χ0n) is 17.2. The third kappa shape index (κ3) is 3.88. The number of benzene rings is 2. The normalized spacial score (nSPS) is 12.6. The van der Waals surface area contributed by atoms with E-state index in [1.807, 2.05) is 37.3 Å². The van der Waals surface area contributed by atoms with Crippen LogP contribution in [-0.2, 0) is 16.0 Å². The summed E-state index contributed by atoms with van der Waals surface area (Å²) in [6, 6.07) is 14.0. The average molecular weight is 380 g/mol. The molecule has 1 aliphatic heterocycles. The molecule has 0 bridgehead atoms. The number of para-hydroxylation sites is 1. The maximum absolute atomic E-state index is 13.0. The van der Waals surface area contributed by atoms with E-state index in [2.05, 4.69) is 30.9 Å². The van der Waals surface area contributed by atoms with E-state index in [0.29, 0.717) is 6.54 Å². The summed E-state index contributed by atoms with van der Waals surface area (Å²) in [5.41, 5.74) is 5.07. The Hall–Kier alpha value is -2.82. The van der Waals surface area contributed by atoms with E-state index in [4.69, 9.17) is 0 Å². The Kier molecular flexibility index (Phi) is 6.02. The molecule has 1 aliphatic rings. The van der Waals surface area contributed by atoms with Crippen LogP contribution in [0.15, 0.2) is 42.5 Å². The second kappa shape index (κ2) is 8.46. The van der Waals surface area contributed by atoms with Crippen molar-refractivity contribution in [3.05, 3.63) is 53.6 Å². The van der Waals surface area contributed by atoms with Gasteiger partial charge in [0, 0.05) is 43.6 Å². The first-order valence-electron chi connectivity index (χ1n) is 9.98. The fourth-order valence-corrected chi connectivity index (χ4v) is 3.91. The first-order chi connectivity index (χ1) is 13.5. The highest BCUT2D eigenvalue weighted by Gasteiger charge is 2.27. The lowest BCUT2D eigenvalue weighted by atomic mass is 10.1. The van der Waals surface area contributed by atoms with E-state index in [9.17, 15) is 9.59 Å². The number of hydrogen-bond acceptors (Lipinski definition) is 3. The van der Waals surface area contributed by atoms with Crippen molar-refractivity contribution in [2.24, 2.45) is 0 Å². The molecule has 28 heavy (non-hydrogen) atoms. The van der Waals surface area contributed by atoms with Crippen LogP contribution in [0.5, 0.6) is 0 Å². The second-order valence-corrected chi connectivity index (χ2v) is 7.17. The van der Waals surface area contributed by atoms with Crippen molar-refractivity contribution in [1.29, 1.82) is 0 Å². The van der Waals surface area contributed by atoms with Gasteiger partial charge in [0.25, 0.3) is 0 Å². The minimum atomic E-state index is -0.125. The molecule has 0 aliphatic carbocycles. The molecule has 0 fully saturated rings. The lowest BCUT2D eigenvalue weighted by Gasteiger charge is -2.27. The zero-order valence-corrected chi connectivity index (χ0v) is 17.2. The van der Waals surface area contributed by atoms with Crippen molar-refractivity contribution in [2.75, 3.05) is 40.9 Å². The third-order valence-corrected chi connectivity index (χ3v) is 5.46. The van der Waals surface area contributed by atoms with Crippen molar-refractivity contribution in [1.82, 2.24) is 0 Å². The summed E-state index contributed by atoms with van der Waals surface area (Å²) >= 11 is 0. The number of amides is 2. The van der Waals surface area contributed by atoms with Gasteiger partial charge in [-0.15, -0.1) is 0 Å². The molecule has 0 atom stereocenters. The summed E-state index contributed by atoms with van der Waals surface area (Å²) in [5, 5.41) is 0. The van der Waals surface area contributed by atoms with Gasteiger partial charge in [0.2, 0.25) is 11.8 Å². The third-order valence-electron chi connectivity index (χ3n) is 5.46. The molecule has 2 aromatic carbocycles. The summed E-state index contributed by atoms with van der Waals surface area (Å²) in [6.45, 7) is 10.3. The summed E-state index contributed by atoms with van der Waals surface area (Å²) in [7, 11) is 0. The van der Waals surface area contributed by atoms with Gasteiger partial charge in [0.15, 0.2) is 0 Å². The van der Waals surface area contributed by atoms with Crippen LogP contribution in [0.4, 0.5) is 17.1 Å². The number of nitrogens with zero attached hydrogens (tertiary/aromatic N) is 3. The Balaban J connectivity index is 1.83. The van der Waals surface area contributed by atoms with E-state index in [1.54, 1.807) is 9.80 Å². The van der Waals surface area contributed by atoms with Gasteiger partial charge in [-0.2, -0.15) is 0 Å². The maximum Gasteiger partial charge on any atom is 0.247 e. The Labute approximate surface area is 167 Å². The maximum atomic E-state index is 13.0. The van der Waals surface area contributed by atoms with Crippen LogP contribution in [0.3, 0.4) is 0 Å². The highest BCUT2D eigenvalue weighted by atomic mass is 16.2. The highest BCUT2D eigenvalue weighted by Crippen LogP contribution is 2.29. The quantitative estimate of drug-likeness (QED) is 0.767. The smallest absolute Gasteiger partial charge is 0.247 e. The predicted molar refractivity (Wildman–Crippen MR) is 115 cm³/mol. The van der Waals surface area contributed by atoms with Gasteiger partial charge in [-0.05, 0) is 62.6 Å². The molecule has 2 amide bonds. The van der Waals surface area contributed by atoms with Crippen LogP contribution < -0.4 is 14.7 Å². The first kappa shape index (κ1) is 19.9. The van der Waals surface area contributed by atoms with Crippen molar-refractivity contribution < 1.29 is 9.59 Å². The molecule has 0 unspecified atom stereocenters. The monoisotopic (exact) mass is 379 g/mol. The number of hydrogen-bond donors (Lipinski definition) is 0. The fraction of sp³-hybridized carbons (Fsp3) is 0.391.